The normalized spacial score (nSPS) is 14.7. The molecule has 1 aliphatic heterocycles. The second-order valence-electron chi connectivity index (χ2n) is 7.19. The summed E-state index contributed by atoms with van der Waals surface area (Å²) < 4.78 is 41.4. The van der Waals surface area contributed by atoms with Gasteiger partial charge in [-0.2, -0.15) is 8.42 Å². The minimum Gasteiger partial charge on any atom is -0.490 e. The first kappa shape index (κ1) is 22.3. The Labute approximate surface area is 192 Å². The number of carbonyl (C=O) groups excluding carboxylic acids is 1. The Bertz CT molecular complexity index is 1340. The first-order valence-electron chi connectivity index (χ1n) is 10.2. The van der Waals surface area contributed by atoms with Gasteiger partial charge in [0.1, 0.15) is 4.90 Å². The van der Waals surface area contributed by atoms with E-state index in [0.717, 1.165) is 5.56 Å². The van der Waals surface area contributed by atoms with Crippen molar-refractivity contribution in [2.24, 2.45) is 4.99 Å². The Kier molecular flexibility index (Phi) is 6.28. The van der Waals surface area contributed by atoms with Crippen LogP contribution in [-0.4, -0.2) is 26.9 Å². The summed E-state index contributed by atoms with van der Waals surface area (Å²) in [4.78, 5) is 16.6. The molecule has 0 unspecified atom stereocenters. The smallest absolute Gasteiger partial charge is 0.363 e. The molecule has 0 radical (unpaired) electrons. The first-order chi connectivity index (χ1) is 15.9. The topological polar surface area (TPSA) is 91.3 Å². The molecule has 3 aromatic rings. The second-order valence-corrected chi connectivity index (χ2v) is 8.74. The van der Waals surface area contributed by atoms with Gasteiger partial charge in [-0.15, -0.1) is 0 Å². The van der Waals surface area contributed by atoms with Crippen molar-refractivity contribution < 1.29 is 26.9 Å². The van der Waals surface area contributed by atoms with Crippen molar-refractivity contribution in [1.82, 2.24) is 0 Å². The fraction of sp³-hybridized carbons (Fsp3) is 0.120. The predicted octanol–water partition coefficient (Wildman–Crippen LogP) is 4.51. The number of esters is 1. The highest BCUT2D eigenvalue weighted by atomic mass is 32.2. The quantitative estimate of drug-likeness (QED) is 0.291. The van der Waals surface area contributed by atoms with E-state index >= 15 is 0 Å². The second kappa shape index (κ2) is 9.30. The molecule has 8 heteroatoms. The largest absolute Gasteiger partial charge is 0.490 e. The van der Waals surface area contributed by atoms with Crippen molar-refractivity contribution in [3.63, 3.8) is 0 Å². The van der Waals surface area contributed by atoms with Gasteiger partial charge in [-0.25, -0.2) is 9.79 Å². The van der Waals surface area contributed by atoms with Crippen LogP contribution in [0.3, 0.4) is 0 Å². The van der Waals surface area contributed by atoms with Crippen molar-refractivity contribution in [3.05, 3.63) is 95.2 Å². The van der Waals surface area contributed by atoms with E-state index in [1.165, 1.54) is 18.2 Å². The summed E-state index contributed by atoms with van der Waals surface area (Å²) in [5.74, 6) is -0.0816. The van der Waals surface area contributed by atoms with Gasteiger partial charge >= 0.3 is 16.1 Å². The van der Waals surface area contributed by atoms with Gasteiger partial charge in [-0.05, 0) is 61.9 Å². The molecule has 0 amide bonds. The highest BCUT2D eigenvalue weighted by Gasteiger charge is 2.24. The molecule has 4 rings (SSSR count). The molecule has 0 aliphatic carbocycles. The molecule has 1 heterocycles. The van der Waals surface area contributed by atoms with Gasteiger partial charge in [-0.1, -0.05) is 42.0 Å². The van der Waals surface area contributed by atoms with Crippen LogP contribution in [0.4, 0.5) is 0 Å². The molecule has 168 valence electrons. The molecule has 0 saturated heterocycles. The number of hydrogen-bond donors (Lipinski definition) is 0. The van der Waals surface area contributed by atoms with E-state index in [-0.39, 0.29) is 28.0 Å². The molecular weight excluding hydrogens is 442 g/mol. The Hall–Kier alpha value is -3.91. The minimum absolute atomic E-state index is 0.0327. The van der Waals surface area contributed by atoms with Gasteiger partial charge < -0.3 is 13.7 Å². The summed E-state index contributed by atoms with van der Waals surface area (Å²) in [6, 6.07) is 20.0. The van der Waals surface area contributed by atoms with Crippen LogP contribution in [0.5, 0.6) is 11.5 Å². The number of ether oxygens (including phenoxy) is 2. The summed E-state index contributed by atoms with van der Waals surface area (Å²) in [6.07, 6.45) is 1.54. The molecule has 0 fully saturated rings. The summed E-state index contributed by atoms with van der Waals surface area (Å²) in [7, 11) is -4.03. The van der Waals surface area contributed by atoms with Gasteiger partial charge in [0.05, 0.1) is 6.61 Å². The lowest BCUT2D eigenvalue weighted by Crippen LogP contribution is -2.10. The summed E-state index contributed by atoms with van der Waals surface area (Å²) in [6.45, 7) is 4.03. The number of aryl methyl sites for hydroxylation is 1. The van der Waals surface area contributed by atoms with Crippen molar-refractivity contribution >= 4 is 28.1 Å². The molecule has 33 heavy (non-hydrogen) atoms. The maximum Gasteiger partial charge on any atom is 0.363 e. The van der Waals surface area contributed by atoms with E-state index in [1.54, 1.807) is 43.3 Å². The van der Waals surface area contributed by atoms with Crippen molar-refractivity contribution in [3.8, 4) is 11.5 Å². The Morgan fingerprint density at radius 3 is 2.39 bits per heavy atom. The number of benzene rings is 3. The average molecular weight is 464 g/mol. The maximum absolute atomic E-state index is 12.6. The molecule has 3 aromatic carbocycles. The third-order valence-electron chi connectivity index (χ3n) is 4.72. The monoisotopic (exact) mass is 463 g/mol. The number of rotatable bonds is 7. The third kappa shape index (κ3) is 5.12. The zero-order valence-corrected chi connectivity index (χ0v) is 18.8. The lowest BCUT2D eigenvalue weighted by atomic mass is 10.1. The van der Waals surface area contributed by atoms with Crippen LogP contribution in [0.1, 0.15) is 23.6 Å². The van der Waals surface area contributed by atoms with Crippen LogP contribution in [0.25, 0.3) is 6.08 Å². The molecule has 1 aliphatic rings. The van der Waals surface area contributed by atoms with Crippen LogP contribution in [-0.2, 0) is 19.6 Å². The van der Waals surface area contributed by atoms with E-state index in [9.17, 15) is 13.2 Å². The number of nitrogens with zero attached hydrogens (tertiary/aromatic N) is 1. The number of carbonyl (C=O) groups is 1. The molecule has 0 N–H and O–H groups in total. The van der Waals surface area contributed by atoms with Crippen molar-refractivity contribution in [1.29, 1.82) is 0 Å². The van der Waals surface area contributed by atoms with Gasteiger partial charge in [0.2, 0.25) is 5.90 Å². The van der Waals surface area contributed by atoms with E-state index < -0.39 is 16.1 Å². The molecule has 0 atom stereocenters. The molecule has 0 spiro atoms. The zero-order valence-electron chi connectivity index (χ0n) is 18.0. The van der Waals surface area contributed by atoms with E-state index in [4.69, 9.17) is 13.7 Å². The number of cyclic esters (lactones) is 1. The van der Waals surface area contributed by atoms with Gasteiger partial charge in [0.25, 0.3) is 0 Å². The van der Waals surface area contributed by atoms with Crippen molar-refractivity contribution in [2.45, 2.75) is 18.7 Å². The van der Waals surface area contributed by atoms with Crippen LogP contribution < -0.4 is 8.92 Å². The Morgan fingerprint density at radius 2 is 1.70 bits per heavy atom. The standard InChI is InChI=1S/C25H21NO6S/c1-3-30-23-16-18(11-14-22(23)32-33(28,29)20-7-5-4-6-8-20)15-21-25(27)31-24(26-21)19-12-9-17(2)10-13-19/h4-16H,3H2,1-2H3/b21-15-. The Balaban J connectivity index is 1.63. The fourth-order valence-corrected chi connectivity index (χ4v) is 4.05. The van der Waals surface area contributed by atoms with Gasteiger partial charge in [0.15, 0.2) is 17.2 Å². The van der Waals surface area contributed by atoms with Gasteiger partial charge in [0, 0.05) is 5.56 Å². The molecule has 0 bridgehead atoms. The maximum atomic E-state index is 12.6. The van der Waals surface area contributed by atoms with Crippen LogP contribution in [0.2, 0.25) is 0 Å². The van der Waals surface area contributed by atoms with Crippen LogP contribution in [0, 0.1) is 6.92 Å². The fourth-order valence-electron chi connectivity index (χ4n) is 3.09. The summed E-state index contributed by atoms with van der Waals surface area (Å²) in [5.41, 5.74) is 2.48. The SMILES string of the molecule is CCOc1cc(/C=C2\N=C(c3ccc(C)cc3)OC2=O)ccc1OS(=O)(=O)c1ccccc1. The van der Waals surface area contributed by atoms with Crippen LogP contribution >= 0.6 is 0 Å². The summed E-state index contributed by atoms with van der Waals surface area (Å²) >= 11 is 0. The van der Waals surface area contributed by atoms with Gasteiger partial charge in [-0.3, -0.25) is 0 Å². The average Bonchev–Trinajstić information content (AvgIpc) is 3.17. The number of aliphatic imine (C=N–C) groups is 1. The molecule has 7 nitrogen and oxygen atoms in total. The highest BCUT2D eigenvalue weighted by molar-refractivity contribution is 7.87. The predicted molar refractivity (Wildman–Crippen MR) is 124 cm³/mol. The lowest BCUT2D eigenvalue weighted by molar-refractivity contribution is -0.129. The van der Waals surface area contributed by atoms with E-state index in [1.807, 2.05) is 31.2 Å². The minimum atomic E-state index is -4.03. The molecule has 0 aromatic heterocycles. The van der Waals surface area contributed by atoms with E-state index in [0.29, 0.717) is 17.7 Å². The van der Waals surface area contributed by atoms with Crippen molar-refractivity contribution in [2.75, 3.05) is 6.61 Å². The third-order valence-corrected chi connectivity index (χ3v) is 5.97. The highest BCUT2D eigenvalue weighted by Crippen LogP contribution is 2.32. The van der Waals surface area contributed by atoms with Crippen LogP contribution in [0.15, 0.2) is 88.4 Å². The summed E-state index contributed by atoms with van der Waals surface area (Å²) in [5, 5.41) is 0. The van der Waals surface area contributed by atoms with E-state index in [2.05, 4.69) is 4.99 Å². The zero-order chi connectivity index (χ0) is 23.4. The number of hydrogen-bond acceptors (Lipinski definition) is 7. The lowest BCUT2D eigenvalue weighted by Gasteiger charge is -2.12. The molecule has 0 saturated carbocycles. The molecular formula is C25H21NO6S. The first-order valence-corrected chi connectivity index (χ1v) is 11.6. The Morgan fingerprint density at radius 1 is 0.970 bits per heavy atom.